The monoisotopic (exact) mass is 314 g/mol. The lowest BCUT2D eigenvalue weighted by Crippen LogP contribution is -2.24. The molecule has 1 amide bonds. The van der Waals surface area contributed by atoms with Gasteiger partial charge in [-0.1, -0.05) is 24.3 Å². The third-order valence-corrected chi connectivity index (χ3v) is 3.75. The fraction of sp³-hybridized carbons (Fsp3) is 0.562. The zero-order valence-electron chi connectivity index (χ0n) is 12.5. The Bertz CT molecular complexity index is 479. The van der Waals surface area contributed by atoms with Gasteiger partial charge in [0.1, 0.15) is 0 Å². The normalized spacial score (nSPS) is 16.0. The number of nitrogens with zero attached hydrogens (tertiary/aromatic N) is 1. The lowest BCUT2D eigenvalue weighted by molar-refractivity contribution is -0.144. The highest BCUT2D eigenvalue weighted by molar-refractivity contribution is 5.75. The van der Waals surface area contributed by atoms with Crippen LogP contribution < -0.4 is 5.32 Å². The van der Waals surface area contributed by atoms with E-state index >= 15 is 0 Å². The van der Waals surface area contributed by atoms with Gasteiger partial charge >= 0.3 is 6.18 Å². The van der Waals surface area contributed by atoms with Gasteiger partial charge in [0.2, 0.25) is 5.91 Å². The molecule has 1 aromatic rings. The summed E-state index contributed by atoms with van der Waals surface area (Å²) >= 11 is 0. The molecule has 1 aliphatic rings. The van der Waals surface area contributed by atoms with Gasteiger partial charge in [-0.15, -0.1) is 0 Å². The highest BCUT2D eigenvalue weighted by atomic mass is 19.4. The molecule has 122 valence electrons. The molecule has 0 aromatic heterocycles. The molecule has 1 aliphatic heterocycles. The van der Waals surface area contributed by atoms with E-state index in [-0.39, 0.29) is 6.54 Å². The van der Waals surface area contributed by atoms with E-state index in [0.717, 1.165) is 25.2 Å². The summed E-state index contributed by atoms with van der Waals surface area (Å²) in [5, 5.41) is 2.51. The van der Waals surface area contributed by atoms with Gasteiger partial charge in [0.05, 0.1) is 6.42 Å². The van der Waals surface area contributed by atoms with Crippen LogP contribution in [-0.4, -0.2) is 30.1 Å². The summed E-state index contributed by atoms with van der Waals surface area (Å²) in [4.78, 5) is 13.7. The SMILES string of the molecule is O=C(CCC(F)(F)F)NCc1ccc(CN2CCCC2)cc1. The van der Waals surface area contributed by atoms with E-state index in [4.69, 9.17) is 0 Å². The summed E-state index contributed by atoms with van der Waals surface area (Å²) in [6.45, 7) is 3.47. The average Bonchev–Trinajstić information content (AvgIpc) is 2.96. The van der Waals surface area contributed by atoms with Gasteiger partial charge in [0, 0.05) is 19.5 Å². The second kappa shape index (κ2) is 7.63. The zero-order valence-corrected chi connectivity index (χ0v) is 12.5. The number of nitrogens with one attached hydrogen (secondary N) is 1. The molecule has 0 aliphatic carbocycles. The summed E-state index contributed by atoms with van der Waals surface area (Å²) < 4.78 is 36.0. The van der Waals surface area contributed by atoms with Crippen molar-refractivity contribution in [1.29, 1.82) is 0 Å². The summed E-state index contributed by atoms with van der Waals surface area (Å²) in [6, 6.07) is 7.84. The van der Waals surface area contributed by atoms with Gasteiger partial charge in [-0.25, -0.2) is 0 Å². The molecule has 1 aromatic carbocycles. The smallest absolute Gasteiger partial charge is 0.352 e. The number of likely N-dealkylation sites (tertiary alicyclic amines) is 1. The maximum absolute atomic E-state index is 12.0. The van der Waals surface area contributed by atoms with E-state index in [1.54, 1.807) is 0 Å². The highest BCUT2D eigenvalue weighted by Crippen LogP contribution is 2.21. The molecule has 0 radical (unpaired) electrons. The average molecular weight is 314 g/mol. The lowest BCUT2D eigenvalue weighted by atomic mass is 10.1. The molecular weight excluding hydrogens is 293 g/mol. The fourth-order valence-electron chi connectivity index (χ4n) is 2.51. The van der Waals surface area contributed by atoms with Gasteiger partial charge in [0.15, 0.2) is 0 Å². The van der Waals surface area contributed by atoms with Gasteiger partial charge < -0.3 is 5.32 Å². The standard InChI is InChI=1S/C16H21F3N2O/c17-16(18,19)8-7-15(22)20-11-13-3-5-14(6-4-13)12-21-9-1-2-10-21/h3-6H,1-2,7-12H2,(H,20,22). The Kier molecular flexibility index (Phi) is 5.83. The number of alkyl halides is 3. The van der Waals surface area contributed by atoms with Crippen LogP contribution in [0.4, 0.5) is 13.2 Å². The molecule has 0 saturated carbocycles. The molecule has 0 atom stereocenters. The second-order valence-electron chi connectivity index (χ2n) is 5.69. The first-order valence-electron chi connectivity index (χ1n) is 7.56. The van der Waals surface area contributed by atoms with E-state index in [0.29, 0.717) is 0 Å². The molecular formula is C16H21F3N2O. The van der Waals surface area contributed by atoms with Crippen LogP contribution in [0.2, 0.25) is 0 Å². The number of benzene rings is 1. The van der Waals surface area contributed by atoms with Gasteiger partial charge in [0.25, 0.3) is 0 Å². The topological polar surface area (TPSA) is 32.3 Å². The van der Waals surface area contributed by atoms with Crippen molar-refractivity contribution in [2.75, 3.05) is 13.1 Å². The van der Waals surface area contributed by atoms with Crippen LogP contribution in [0.1, 0.15) is 36.8 Å². The van der Waals surface area contributed by atoms with E-state index in [9.17, 15) is 18.0 Å². The quantitative estimate of drug-likeness (QED) is 0.874. The fourth-order valence-corrected chi connectivity index (χ4v) is 2.51. The maximum atomic E-state index is 12.0. The summed E-state index contributed by atoms with van der Waals surface area (Å²) in [7, 11) is 0. The molecule has 1 fully saturated rings. The Labute approximate surface area is 128 Å². The number of carbonyl (C=O) groups is 1. The Hall–Kier alpha value is -1.56. The first-order chi connectivity index (χ1) is 10.4. The third-order valence-electron chi connectivity index (χ3n) is 3.75. The van der Waals surface area contributed by atoms with Crippen molar-refractivity contribution in [2.45, 2.75) is 44.9 Å². The first-order valence-corrected chi connectivity index (χ1v) is 7.56. The van der Waals surface area contributed by atoms with Gasteiger partial charge in [-0.05, 0) is 37.1 Å². The van der Waals surface area contributed by atoms with Crippen LogP contribution >= 0.6 is 0 Å². The van der Waals surface area contributed by atoms with Crippen molar-refractivity contribution >= 4 is 5.91 Å². The predicted molar refractivity (Wildman–Crippen MR) is 78.1 cm³/mol. The number of hydrogen-bond donors (Lipinski definition) is 1. The molecule has 1 saturated heterocycles. The van der Waals surface area contributed by atoms with Crippen LogP contribution in [0.25, 0.3) is 0 Å². The summed E-state index contributed by atoms with van der Waals surface area (Å²) in [5.41, 5.74) is 2.11. The Morgan fingerprint density at radius 3 is 2.27 bits per heavy atom. The van der Waals surface area contributed by atoms with Crippen molar-refractivity contribution in [3.05, 3.63) is 35.4 Å². The number of hydrogen-bond acceptors (Lipinski definition) is 2. The number of carbonyl (C=O) groups excluding carboxylic acids is 1. The van der Waals surface area contributed by atoms with Crippen molar-refractivity contribution in [3.8, 4) is 0 Å². The highest BCUT2D eigenvalue weighted by Gasteiger charge is 2.27. The minimum Gasteiger partial charge on any atom is -0.352 e. The Morgan fingerprint density at radius 2 is 1.68 bits per heavy atom. The molecule has 0 bridgehead atoms. The second-order valence-corrected chi connectivity index (χ2v) is 5.69. The van der Waals surface area contributed by atoms with Crippen molar-refractivity contribution < 1.29 is 18.0 Å². The van der Waals surface area contributed by atoms with Crippen molar-refractivity contribution in [3.63, 3.8) is 0 Å². The predicted octanol–water partition coefficient (Wildman–Crippen LogP) is 3.24. The zero-order chi connectivity index (χ0) is 16.0. The minimum atomic E-state index is -4.28. The van der Waals surface area contributed by atoms with Crippen LogP contribution in [0, 0.1) is 0 Å². The molecule has 0 spiro atoms. The van der Waals surface area contributed by atoms with Crippen LogP contribution in [0.15, 0.2) is 24.3 Å². The van der Waals surface area contributed by atoms with Gasteiger partial charge in [-0.3, -0.25) is 9.69 Å². The van der Waals surface area contributed by atoms with Crippen molar-refractivity contribution in [1.82, 2.24) is 10.2 Å². The van der Waals surface area contributed by atoms with Crippen LogP contribution in [0.5, 0.6) is 0 Å². The van der Waals surface area contributed by atoms with Crippen LogP contribution in [0.3, 0.4) is 0 Å². The maximum Gasteiger partial charge on any atom is 0.389 e. The van der Waals surface area contributed by atoms with E-state index in [1.807, 2.05) is 24.3 Å². The molecule has 6 heteroatoms. The van der Waals surface area contributed by atoms with Crippen LogP contribution in [-0.2, 0) is 17.9 Å². The molecule has 2 rings (SSSR count). The molecule has 22 heavy (non-hydrogen) atoms. The first kappa shape index (κ1) is 16.8. The Balaban J connectivity index is 1.72. The summed E-state index contributed by atoms with van der Waals surface area (Å²) in [5.74, 6) is -0.571. The molecule has 3 nitrogen and oxygen atoms in total. The van der Waals surface area contributed by atoms with E-state index < -0.39 is 24.9 Å². The largest absolute Gasteiger partial charge is 0.389 e. The van der Waals surface area contributed by atoms with E-state index in [1.165, 1.54) is 18.4 Å². The number of amides is 1. The number of rotatable bonds is 6. The van der Waals surface area contributed by atoms with Gasteiger partial charge in [-0.2, -0.15) is 13.2 Å². The minimum absolute atomic E-state index is 0.265. The third kappa shape index (κ3) is 6.05. The molecule has 0 unspecified atom stereocenters. The van der Waals surface area contributed by atoms with Crippen molar-refractivity contribution in [2.24, 2.45) is 0 Å². The Morgan fingerprint density at radius 1 is 1.09 bits per heavy atom. The lowest BCUT2D eigenvalue weighted by Gasteiger charge is -2.14. The van der Waals surface area contributed by atoms with E-state index in [2.05, 4.69) is 10.2 Å². The molecule has 1 N–H and O–H groups in total. The number of halogens is 3. The summed E-state index contributed by atoms with van der Waals surface area (Å²) in [6.07, 6.45) is -3.37. The molecule has 1 heterocycles.